The van der Waals surface area contributed by atoms with E-state index in [2.05, 4.69) is 16.0 Å². The fourth-order valence-corrected chi connectivity index (χ4v) is 3.16. The molecule has 0 aliphatic carbocycles. The summed E-state index contributed by atoms with van der Waals surface area (Å²) in [6.45, 7) is 3.81. The monoisotopic (exact) mass is 385 g/mol. The van der Waals surface area contributed by atoms with Gasteiger partial charge in [-0.05, 0) is 30.7 Å². The molecule has 0 spiro atoms. The van der Waals surface area contributed by atoms with Crippen molar-refractivity contribution < 1.29 is 9.53 Å². The minimum Gasteiger partial charge on any atom is -0.492 e. The number of fused-ring (bicyclic) bond motifs is 1. The van der Waals surface area contributed by atoms with E-state index in [1.54, 1.807) is 0 Å². The fourth-order valence-electron chi connectivity index (χ4n) is 2.97. The van der Waals surface area contributed by atoms with E-state index in [1.807, 2.05) is 49.4 Å². The molecule has 6 heteroatoms. The lowest BCUT2D eigenvalue weighted by molar-refractivity contribution is -0.120. The number of halogens is 1. The largest absolute Gasteiger partial charge is 0.492 e. The Labute approximate surface area is 164 Å². The minimum atomic E-state index is 0.0609. The topological polar surface area (TPSA) is 56.2 Å². The Bertz CT molecular complexity index is 907. The van der Waals surface area contributed by atoms with Crippen molar-refractivity contribution in [3.05, 3.63) is 59.4 Å². The highest BCUT2D eigenvalue weighted by atomic mass is 35.5. The van der Waals surface area contributed by atoms with Crippen molar-refractivity contribution in [2.75, 3.05) is 13.2 Å². The molecule has 27 heavy (non-hydrogen) atoms. The molecule has 1 N–H and O–H groups in total. The van der Waals surface area contributed by atoms with Gasteiger partial charge in [-0.1, -0.05) is 42.8 Å². The number of carbonyl (C=O) groups excluding carboxylic acids is 1. The molecule has 0 saturated carbocycles. The van der Waals surface area contributed by atoms with Crippen LogP contribution in [0.3, 0.4) is 0 Å². The lowest BCUT2D eigenvalue weighted by Gasteiger charge is -2.11. The summed E-state index contributed by atoms with van der Waals surface area (Å²) < 4.78 is 8.00. The molecule has 0 radical (unpaired) electrons. The molecule has 5 nitrogen and oxygen atoms in total. The molecule has 3 aromatic rings. The second-order valence-corrected chi connectivity index (χ2v) is 6.66. The number of imidazole rings is 1. The first kappa shape index (κ1) is 19.2. The molecule has 2 aromatic carbocycles. The van der Waals surface area contributed by atoms with Gasteiger partial charge in [-0.3, -0.25) is 4.79 Å². The molecule has 0 unspecified atom stereocenters. The molecule has 3 rings (SSSR count). The summed E-state index contributed by atoms with van der Waals surface area (Å²) in [5.41, 5.74) is 2.08. The zero-order valence-electron chi connectivity index (χ0n) is 15.5. The van der Waals surface area contributed by atoms with E-state index < -0.39 is 0 Å². The molecule has 0 saturated heterocycles. The lowest BCUT2D eigenvalue weighted by atomic mass is 10.3. The first-order valence-electron chi connectivity index (χ1n) is 9.27. The quantitative estimate of drug-likeness (QED) is 0.561. The number of nitrogens with one attached hydrogen (secondary N) is 1. The zero-order valence-corrected chi connectivity index (χ0v) is 16.2. The maximum Gasteiger partial charge on any atom is 0.219 e. The number of rotatable bonds is 9. The highest BCUT2D eigenvalue weighted by molar-refractivity contribution is 6.32. The molecule has 1 amide bonds. The van der Waals surface area contributed by atoms with Gasteiger partial charge in [-0.2, -0.15) is 0 Å². The Balaban J connectivity index is 1.64. The van der Waals surface area contributed by atoms with Crippen LogP contribution < -0.4 is 10.1 Å². The molecule has 0 fully saturated rings. The van der Waals surface area contributed by atoms with Crippen molar-refractivity contribution >= 4 is 28.5 Å². The SMILES string of the molecule is CCC(=O)NCCc1nc2ccccc2n1CCCOc1ccccc1Cl. The Morgan fingerprint density at radius 1 is 1.19 bits per heavy atom. The van der Waals surface area contributed by atoms with Crippen LogP contribution in [0.4, 0.5) is 0 Å². The average Bonchev–Trinajstić information content (AvgIpc) is 3.04. The van der Waals surface area contributed by atoms with Crippen LogP contribution >= 0.6 is 11.6 Å². The molecule has 1 heterocycles. The van der Waals surface area contributed by atoms with Crippen LogP contribution in [0.2, 0.25) is 5.02 Å². The number of aromatic nitrogens is 2. The van der Waals surface area contributed by atoms with E-state index >= 15 is 0 Å². The van der Waals surface area contributed by atoms with Crippen LogP contribution in [0.15, 0.2) is 48.5 Å². The van der Waals surface area contributed by atoms with Crippen LogP contribution in [0.5, 0.6) is 5.75 Å². The van der Waals surface area contributed by atoms with Crippen molar-refractivity contribution in [3.63, 3.8) is 0 Å². The number of hydrogen-bond acceptors (Lipinski definition) is 3. The van der Waals surface area contributed by atoms with Gasteiger partial charge in [0, 0.05) is 25.9 Å². The number of para-hydroxylation sites is 3. The first-order chi connectivity index (χ1) is 13.2. The molecule has 0 aliphatic rings. The third kappa shape index (κ3) is 5.01. The number of ether oxygens (including phenoxy) is 1. The Hall–Kier alpha value is -2.53. The summed E-state index contributed by atoms with van der Waals surface area (Å²) in [7, 11) is 0. The number of carbonyl (C=O) groups is 1. The summed E-state index contributed by atoms with van der Waals surface area (Å²) in [5.74, 6) is 1.74. The van der Waals surface area contributed by atoms with E-state index in [1.165, 1.54) is 0 Å². The molecule has 0 aliphatic heterocycles. The van der Waals surface area contributed by atoms with Gasteiger partial charge in [0.1, 0.15) is 11.6 Å². The maximum atomic E-state index is 11.5. The number of amides is 1. The second kappa shape index (κ2) is 9.42. The number of nitrogens with zero attached hydrogens (tertiary/aromatic N) is 2. The summed E-state index contributed by atoms with van der Waals surface area (Å²) in [6, 6.07) is 15.6. The van der Waals surface area contributed by atoms with Gasteiger partial charge in [-0.25, -0.2) is 4.98 Å². The van der Waals surface area contributed by atoms with Crippen LogP contribution in [0, 0.1) is 0 Å². The number of benzene rings is 2. The van der Waals surface area contributed by atoms with E-state index in [0.29, 0.717) is 36.8 Å². The molecule has 0 bridgehead atoms. The van der Waals surface area contributed by atoms with Crippen LogP contribution in [0.1, 0.15) is 25.6 Å². The van der Waals surface area contributed by atoms with Gasteiger partial charge < -0.3 is 14.6 Å². The third-order valence-electron chi connectivity index (χ3n) is 4.35. The molecule has 1 aromatic heterocycles. The van der Waals surface area contributed by atoms with Gasteiger partial charge in [0.2, 0.25) is 5.91 Å². The average molecular weight is 386 g/mol. The van der Waals surface area contributed by atoms with Crippen molar-refractivity contribution in [1.29, 1.82) is 0 Å². The van der Waals surface area contributed by atoms with Crippen molar-refractivity contribution in [2.24, 2.45) is 0 Å². The van der Waals surface area contributed by atoms with E-state index in [-0.39, 0.29) is 5.91 Å². The van der Waals surface area contributed by atoms with Gasteiger partial charge >= 0.3 is 0 Å². The van der Waals surface area contributed by atoms with Crippen molar-refractivity contribution in [2.45, 2.75) is 32.7 Å². The van der Waals surface area contributed by atoms with Gasteiger partial charge in [0.25, 0.3) is 0 Å². The Morgan fingerprint density at radius 2 is 1.96 bits per heavy atom. The summed E-state index contributed by atoms with van der Waals surface area (Å²) in [5, 5.41) is 3.54. The smallest absolute Gasteiger partial charge is 0.219 e. The highest BCUT2D eigenvalue weighted by Gasteiger charge is 2.10. The standard InChI is InChI=1S/C21H24ClN3O2/c1-2-21(26)23-13-12-20-24-17-9-4-5-10-18(17)25(20)14-7-15-27-19-11-6-3-8-16(19)22/h3-6,8-11H,2,7,12-15H2,1H3,(H,23,26). The predicted molar refractivity (Wildman–Crippen MR) is 108 cm³/mol. The predicted octanol–water partition coefficient (Wildman–Crippen LogP) is 4.23. The third-order valence-corrected chi connectivity index (χ3v) is 4.66. The van der Waals surface area contributed by atoms with Gasteiger partial charge in [0.05, 0.1) is 22.7 Å². The molecule has 142 valence electrons. The Kier molecular flexibility index (Phi) is 6.71. The first-order valence-corrected chi connectivity index (χ1v) is 9.65. The summed E-state index contributed by atoms with van der Waals surface area (Å²) in [4.78, 5) is 16.2. The normalized spacial score (nSPS) is 10.9. The van der Waals surface area contributed by atoms with E-state index in [0.717, 1.165) is 29.8 Å². The Morgan fingerprint density at radius 3 is 2.78 bits per heavy atom. The van der Waals surface area contributed by atoms with Crippen LogP contribution in [-0.2, 0) is 17.8 Å². The second-order valence-electron chi connectivity index (χ2n) is 6.25. The highest BCUT2D eigenvalue weighted by Crippen LogP contribution is 2.23. The number of aryl methyl sites for hydroxylation is 1. The maximum absolute atomic E-state index is 11.5. The lowest BCUT2D eigenvalue weighted by Crippen LogP contribution is -2.25. The molecular weight excluding hydrogens is 362 g/mol. The van der Waals surface area contributed by atoms with Crippen LogP contribution in [0.25, 0.3) is 11.0 Å². The van der Waals surface area contributed by atoms with Crippen molar-refractivity contribution in [3.8, 4) is 5.75 Å². The minimum absolute atomic E-state index is 0.0609. The molecule has 0 atom stereocenters. The van der Waals surface area contributed by atoms with E-state index in [4.69, 9.17) is 21.3 Å². The van der Waals surface area contributed by atoms with Gasteiger partial charge in [0.15, 0.2) is 0 Å². The summed E-state index contributed by atoms with van der Waals surface area (Å²) in [6.07, 6.45) is 2.03. The molecular formula is C21H24ClN3O2. The van der Waals surface area contributed by atoms with Gasteiger partial charge in [-0.15, -0.1) is 0 Å². The zero-order chi connectivity index (χ0) is 19.1. The fraction of sp³-hybridized carbons (Fsp3) is 0.333. The van der Waals surface area contributed by atoms with Crippen molar-refractivity contribution in [1.82, 2.24) is 14.9 Å². The van der Waals surface area contributed by atoms with E-state index in [9.17, 15) is 4.79 Å². The number of hydrogen-bond donors (Lipinski definition) is 1. The van der Waals surface area contributed by atoms with Crippen LogP contribution in [-0.4, -0.2) is 28.6 Å². The summed E-state index contributed by atoms with van der Waals surface area (Å²) >= 11 is 6.13.